The van der Waals surface area contributed by atoms with E-state index in [0.29, 0.717) is 22.1 Å². The first kappa shape index (κ1) is 27.4. The van der Waals surface area contributed by atoms with E-state index in [1.807, 2.05) is 6.07 Å². The molecule has 3 aromatic rings. The first-order valence-electron chi connectivity index (χ1n) is 12.2. The second-order valence-corrected chi connectivity index (χ2v) is 9.46. The third-order valence-electron chi connectivity index (χ3n) is 5.83. The van der Waals surface area contributed by atoms with Gasteiger partial charge in [0.25, 0.3) is 5.91 Å². The third kappa shape index (κ3) is 8.48. The fourth-order valence-corrected chi connectivity index (χ4v) is 4.57. The van der Waals surface area contributed by atoms with Crippen molar-refractivity contribution < 1.29 is 23.8 Å². The normalized spacial score (nSPS) is 10.7. The van der Waals surface area contributed by atoms with Crippen molar-refractivity contribution in [2.45, 2.75) is 44.9 Å². The minimum absolute atomic E-state index is 0.173. The number of hydrogen-bond acceptors (Lipinski definition) is 3. The highest BCUT2D eigenvalue weighted by molar-refractivity contribution is 9.10. The number of nitrogens with one attached hydrogen (secondary N) is 1. The molecule has 0 saturated heterocycles. The molecule has 2 N–H and O–H groups in total. The SMILES string of the molecule is O=C(O)COc1c(Br)cc(C(=O)NCCCCCCCCc2ccccc2)cc1-c1ccccc1F. The Labute approximate surface area is 219 Å². The van der Waals surface area contributed by atoms with Crippen molar-refractivity contribution in [1.82, 2.24) is 5.32 Å². The average Bonchev–Trinajstić information content (AvgIpc) is 2.87. The van der Waals surface area contributed by atoms with Crippen LogP contribution >= 0.6 is 15.9 Å². The van der Waals surface area contributed by atoms with Crippen LogP contribution in [0.15, 0.2) is 71.2 Å². The predicted octanol–water partition coefficient (Wildman–Crippen LogP) is 7.03. The highest BCUT2D eigenvalue weighted by Gasteiger charge is 2.19. The number of aliphatic carboxylic acids is 1. The van der Waals surface area contributed by atoms with Crippen LogP contribution in [0.2, 0.25) is 0 Å². The van der Waals surface area contributed by atoms with Crippen LogP contribution in [-0.2, 0) is 11.2 Å². The number of carbonyl (C=O) groups is 2. The van der Waals surface area contributed by atoms with E-state index in [1.54, 1.807) is 24.3 Å². The van der Waals surface area contributed by atoms with Gasteiger partial charge in [0, 0.05) is 23.2 Å². The largest absolute Gasteiger partial charge is 0.480 e. The van der Waals surface area contributed by atoms with E-state index < -0.39 is 18.4 Å². The Balaban J connectivity index is 1.50. The summed E-state index contributed by atoms with van der Waals surface area (Å²) in [5.41, 5.74) is 2.25. The minimum atomic E-state index is -1.15. The molecule has 0 spiro atoms. The molecular formula is C29H31BrFNO4. The molecule has 0 atom stereocenters. The molecule has 0 heterocycles. The molecule has 0 fully saturated rings. The number of unbranched alkanes of at least 4 members (excludes halogenated alkanes) is 5. The molecular weight excluding hydrogens is 525 g/mol. The Hall–Kier alpha value is -3.19. The van der Waals surface area contributed by atoms with Gasteiger partial charge >= 0.3 is 5.97 Å². The topological polar surface area (TPSA) is 75.6 Å². The zero-order valence-electron chi connectivity index (χ0n) is 20.1. The van der Waals surface area contributed by atoms with Gasteiger partial charge in [0.2, 0.25) is 0 Å². The predicted molar refractivity (Wildman–Crippen MR) is 143 cm³/mol. The summed E-state index contributed by atoms with van der Waals surface area (Å²) in [5.74, 6) is -1.75. The second kappa shape index (κ2) is 14.4. The number of carbonyl (C=O) groups excluding carboxylic acids is 1. The molecule has 0 saturated carbocycles. The second-order valence-electron chi connectivity index (χ2n) is 8.61. The van der Waals surface area contributed by atoms with Gasteiger partial charge in [-0.15, -0.1) is 0 Å². The Bertz CT molecular complexity index is 1150. The molecule has 0 bridgehead atoms. The molecule has 7 heteroatoms. The molecule has 1 amide bonds. The number of rotatable bonds is 14. The van der Waals surface area contributed by atoms with Crippen LogP contribution in [0.5, 0.6) is 5.75 Å². The van der Waals surface area contributed by atoms with Gasteiger partial charge in [0.05, 0.1) is 4.47 Å². The molecule has 0 aliphatic heterocycles. The van der Waals surface area contributed by atoms with Gasteiger partial charge in [0.1, 0.15) is 11.6 Å². The maximum atomic E-state index is 14.5. The van der Waals surface area contributed by atoms with E-state index in [9.17, 15) is 14.0 Å². The van der Waals surface area contributed by atoms with Crippen LogP contribution < -0.4 is 10.1 Å². The zero-order valence-corrected chi connectivity index (χ0v) is 21.7. The summed E-state index contributed by atoms with van der Waals surface area (Å²) in [6, 6.07) is 19.7. The van der Waals surface area contributed by atoms with Crippen molar-refractivity contribution >= 4 is 27.8 Å². The van der Waals surface area contributed by atoms with E-state index >= 15 is 0 Å². The number of hydrogen-bond donors (Lipinski definition) is 2. The molecule has 0 unspecified atom stereocenters. The Morgan fingerprint density at radius 2 is 1.53 bits per heavy atom. The average molecular weight is 556 g/mol. The first-order valence-corrected chi connectivity index (χ1v) is 13.0. The van der Waals surface area contributed by atoms with Crippen molar-refractivity contribution in [1.29, 1.82) is 0 Å². The zero-order chi connectivity index (χ0) is 25.8. The number of amides is 1. The Morgan fingerprint density at radius 1 is 0.861 bits per heavy atom. The first-order chi connectivity index (χ1) is 17.5. The summed E-state index contributed by atoms with van der Waals surface area (Å²) < 4.78 is 20.3. The molecule has 0 aromatic heterocycles. The Morgan fingerprint density at radius 3 is 2.25 bits per heavy atom. The summed E-state index contributed by atoms with van der Waals surface area (Å²) >= 11 is 3.36. The molecule has 36 heavy (non-hydrogen) atoms. The van der Waals surface area contributed by atoms with E-state index in [4.69, 9.17) is 9.84 Å². The third-order valence-corrected chi connectivity index (χ3v) is 6.42. The minimum Gasteiger partial charge on any atom is -0.480 e. The van der Waals surface area contributed by atoms with Gasteiger partial charge in [-0.05, 0) is 59.0 Å². The van der Waals surface area contributed by atoms with Gasteiger partial charge in [-0.25, -0.2) is 9.18 Å². The number of benzene rings is 3. The molecule has 0 aliphatic rings. The van der Waals surface area contributed by atoms with Crippen molar-refractivity contribution in [3.05, 3.63) is 88.1 Å². The number of carboxylic acid groups (broad SMARTS) is 1. The van der Waals surface area contributed by atoms with Crippen molar-refractivity contribution in [2.75, 3.05) is 13.2 Å². The maximum Gasteiger partial charge on any atom is 0.341 e. The van der Waals surface area contributed by atoms with E-state index in [1.165, 1.54) is 37.0 Å². The van der Waals surface area contributed by atoms with Crippen LogP contribution in [0.1, 0.15) is 54.4 Å². The fourth-order valence-electron chi connectivity index (χ4n) is 3.99. The van der Waals surface area contributed by atoms with Crippen LogP contribution in [0.4, 0.5) is 4.39 Å². The van der Waals surface area contributed by atoms with Gasteiger partial charge < -0.3 is 15.2 Å². The summed E-state index contributed by atoms with van der Waals surface area (Å²) in [6.45, 7) is -0.0371. The lowest BCUT2D eigenvalue weighted by atomic mass is 10.0. The molecule has 5 nitrogen and oxygen atoms in total. The smallest absolute Gasteiger partial charge is 0.341 e. The Kier molecular flexibility index (Phi) is 11.0. The lowest BCUT2D eigenvalue weighted by Gasteiger charge is -2.15. The summed E-state index contributed by atoms with van der Waals surface area (Å²) in [5, 5.41) is 11.9. The molecule has 0 radical (unpaired) electrons. The molecule has 0 aliphatic carbocycles. The standard InChI is InChI=1S/C29H31BrFNO4/c30-25-19-22(18-24(28(25)36-20-27(33)34)23-15-9-10-16-26(23)31)29(35)32-17-11-4-2-1-3-6-12-21-13-7-5-8-14-21/h5,7-10,13-16,18-19H,1-4,6,11-12,17,20H2,(H,32,35)(H,33,34). The summed E-state index contributed by atoms with van der Waals surface area (Å²) in [7, 11) is 0. The number of aryl methyl sites for hydroxylation is 1. The number of halogens is 2. The van der Waals surface area contributed by atoms with Gasteiger partial charge in [-0.2, -0.15) is 0 Å². The lowest BCUT2D eigenvalue weighted by Crippen LogP contribution is -2.24. The molecule has 3 aromatic carbocycles. The van der Waals surface area contributed by atoms with Crippen LogP contribution in [0, 0.1) is 5.82 Å². The quantitative estimate of drug-likeness (QED) is 0.209. The van der Waals surface area contributed by atoms with Gasteiger partial charge in [-0.3, -0.25) is 4.79 Å². The number of ether oxygens (including phenoxy) is 1. The van der Waals surface area contributed by atoms with E-state index in [0.717, 1.165) is 25.7 Å². The van der Waals surface area contributed by atoms with Crippen LogP contribution in [0.3, 0.4) is 0 Å². The van der Waals surface area contributed by atoms with Crippen LogP contribution in [0.25, 0.3) is 11.1 Å². The molecule has 3 rings (SSSR count). The highest BCUT2D eigenvalue weighted by atomic mass is 79.9. The summed E-state index contributed by atoms with van der Waals surface area (Å²) in [6.07, 6.45) is 7.72. The van der Waals surface area contributed by atoms with Crippen molar-refractivity contribution in [3.63, 3.8) is 0 Å². The van der Waals surface area contributed by atoms with E-state index in [2.05, 4.69) is 45.5 Å². The number of carboxylic acids is 1. The molecule has 190 valence electrons. The van der Waals surface area contributed by atoms with Crippen LogP contribution in [-0.4, -0.2) is 30.1 Å². The lowest BCUT2D eigenvalue weighted by molar-refractivity contribution is -0.139. The van der Waals surface area contributed by atoms with E-state index in [-0.39, 0.29) is 17.2 Å². The maximum absolute atomic E-state index is 14.5. The van der Waals surface area contributed by atoms with Crippen molar-refractivity contribution in [2.24, 2.45) is 0 Å². The highest BCUT2D eigenvalue weighted by Crippen LogP contribution is 2.39. The fraction of sp³-hybridized carbons (Fsp3) is 0.310. The monoisotopic (exact) mass is 555 g/mol. The van der Waals surface area contributed by atoms with Gasteiger partial charge in [0.15, 0.2) is 6.61 Å². The van der Waals surface area contributed by atoms with Crippen molar-refractivity contribution in [3.8, 4) is 16.9 Å². The summed E-state index contributed by atoms with van der Waals surface area (Å²) in [4.78, 5) is 23.8. The van der Waals surface area contributed by atoms with Gasteiger partial charge in [-0.1, -0.05) is 74.2 Å².